The minimum absolute atomic E-state index is 0.108. The number of amides is 1. The van der Waals surface area contributed by atoms with E-state index in [0.29, 0.717) is 18.6 Å². The van der Waals surface area contributed by atoms with Crippen molar-refractivity contribution in [1.29, 1.82) is 0 Å². The van der Waals surface area contributed by atoms with Crippen LogP contribution in [0.3, 0.4) is 0 Å². The highest BCUT2D eigenvalue weighted by Gasteiger charge is 2.22. The molecule has 0 bridgehead atoms. The first-order chi connectivity index (χ1) is 6.72. The molecule has 1 aliphatic rings. The lowest BCUT2D eigenvalue weighted by Gasteiger charge is -2.12. The summed E-state index contributed by atoms with van der Waals surface area (Å²) in [5.41, 5.74) is 0. The number of methoxy groups -OCH3 is 1. The molecule has 1 amide bonds. The van der Waals surface area contributed by atoms with Crippen LogP contribution in [0.4, 0.5) is 0 Å². The smallest absolute Gasteiger partial charge is 0.234 e. The molecular weight excluding hydrogens is 180 g/mol. The summed E-state index contributed by atoms with van der Waals surface area (Å²) in [4.78, 5) is 11.3. The van der Waals surface area contributed by atoms with Crippen molar-refractivity contribution in [2.24, 2.45) is 0 Å². The molecule has 0 aromatic heterocycles. The van der Waals surface area contributed by atoms with Crippen LogP contribution in [0.5, 0.6) is 0 Å². The fraction of sp³-hybridized carbons (Fsp3) is 0.900. The minimum Gasteiger partial charge on any atom is -0.385 e. The number of carbonyl (C=O) groups is 1. The second-order valence-corrected chi connectivity index (χ2v) is 3.91. The van der Waals surface area contributed by atoms with E-state index in [1.165, 1.54) is 0 Å². The minimum atomic E-state index is 0.108. The number of carbonyl (C=O) groups excluding carboxylic acids is 1. The Hall–Kier alpha value is -0.610. The molecule has 2 N–H and O–H groups in total. The van der Waals surface area contributed by atoms with Gasteiger partial charge in [0.05, 0.1) is 6.54 Å². The molecule has 0 aliphatic heterocycles. The molecule has 14 heavy (non-hydrogen) atoms. The summed E-state index contributed by atoms with van der Waals surface area (Å²) in [5.74, 6) is 0.108. The second-order valence-electron chi connectivity index (χ2n) is 3.91. The Morgan fingerprint density at radius 2 is 2.29 bits per heavy atom. The summed E-state index contributed by atoms with van der Waals surface area (Å²) >= 11 is 0. The molecule has 0 radical (unpaired) electrons. The van der Waals surface area contributed by atoms with Crippen LogP contribution >= 0.6 is 0 Å². The van der Waals surface area contributed by atoms with Crippen LogP contribution < -0.4 is 10.6 Å². The van der Waals surface area contributed by atoms with E-state index >= 15 is 0 Å². The maximum absolute atomic E-state index is 11.3. The van der Waals surface area contributed by atoms with Gasteiger partial charge in [-0.15, -0.1) is 0 Å². The topological polar surface area (TPSA) is 50.4 Å². The number of rotatable bonds is 7. The average molecular weight is 200 g/mol. The molecule has 0 aromatic rings. The van der Waals surface area contributed by atoms with Crippen molar-refractivity contribution in [3.05, 3.63) is 0 Å². The van der Waals surface area contributed by atoms with E-state index in [4.69, 9.17) is 4.74 Å². The monoisotopic (exact) mass is 200 g/mol. The Morgan fingerprint density at radius 1 is 1.57 bits per heavy atom. The SMILES string of the molecule is COCCC(C)NCC(=O)NC1CC1. The molecule has 1 aliphatic carbocycles. The van der Waals surface area contributed by atoms with Gasteiger partial charge in [-0.1, -0.05) is 0 Å². The molecule has 1 unspecified atom stereocenters. The second kappa shape index (κ2) is 5.98. The Morgan fingerprint density at radius 3 is 2.86 bits per heavy atom. The first kappa shape index (κ1) is 11.5. The first-order valence-electron chi connectivity index (χ1n) is 5.24. The molecule has 82 valence electrons. The van der Waals surface area contributed by atoms with Crippen molar-refractivity contribution in [2.45, 2.75) is 38.3 Å². The summed E-state index contributed by atoms with van der Waals surface area (Å²) in [6, 6.07) is 0.790. The number of nitrogens with one attached hydrogen (secondary N) is 2. The molecule has 1 fully saturated rings. The van der Waals surface area contributed by atoms with Gasteiger partial charge in [-0.2, -0.15) is 0 Å². The first-order valence-corrected chi connectivity index (χ1v) is 5.24. The predicted octanol–water partition coefficient (Wildman–Crippen LogP) is 0.280. The highest BCUT2D eigenvalue weighted by Crippen LogP contribution is 2.18. The number of hydrogen-bond acceptors (Lipinski definition) is 3. The van der Waals surface area contributed by atoms with E-state index in [9.17, 15) is 4.79 Å². The van der Waals surface area contributed by atoms with Gasteiger partial charge in [0.1, 0.15) is 0 Å². The van der Waals surface area contributed by atoms with Crippen LogP contribution in [0.1, 0.15) is 26.2 Å². The molecule has 1 atom stereocenters. The third kappa shape index (κ3) is 5.19. The molecular formula is C10H20N2O2. The molecule has 0 saturated heterocycles. The lowest BCUT2D eigenvalue weighted by Crippen LogP contribution is -2.39. The van der Waals surface area contributed by atoms with Gasteiger partial charge in [0.15, 0.2) is 0 Å². The molecule has 4 nitrogen and oxygen atoms in total. The van der Waals surface area contributed by atoms with E-state index in [2.05, 4.69) is 17.6 Å². The molecule has 1 rings (SSSR count). The summed E-state index contributed by atoms with van der Waals surface area (Å²) in [6.45, 7) is 3.21. The third-order valence-electron chi connectivity index (χ3n) is 2.31. The fourth-order valence-corrected chi connectivity index (χ4v) is 1.17. The Balaban J connectivity index is 1.97. The van der Waals surface area contributed by atoms with Gasteiger partial charge in [0, 0.05) is 25.8 Å². The van der Waals surface area contributed by atoms with Gasteiger partial charge >= 0.3 is 0 Å². The zero-order valence-corrected chi connectivity index (χ0v) is 9.01. The van der Waals surface area contributed by atoms with Gasteiger partial charge in [0.2, 0.25) is 5.91 Å². The maximum Gasteiger partial charge on any atom is 0.234 e. The third-order valence-corrected chi connectivity index (χ3v) is 2.31. The summed E-state index contributed by atoms with van der Waals surface area (Å²) in [7, 11) is 1.69. The van der Waals surface area contributed by atoms with Gasteiger partial charge in [-0.3, -0.25) is 4.79 Å². The number of hydrogen-bond donors (Lipinski definition) is 2. The van der Waals surface area contributed by atoms with E-state index in [0.717, 1.165) is 25.9 Å². The normalized spacial score (nSPS) is 17.9. The quantitative estimate of drug-likeness (QED) is 0.620. The van der Waals surface area contributed by atoms with E-state index in [1.54, 1.807) is 7.11 Å². The standard InChI is InChI=1S/C10H20N2O2/c1-8(5-6-14-2)11-7-10(13)12-9-3-4-9/h8-9,11H,3-7H2,1-2H3,(H,12,13). The molecule has 1 saturated carbocycles. The summed E-state index contributed by atoms with van der Waals surface area (Å²) in [6.07, 6.45) is 3.23. The number of ether oxygens (including phenoxy) is 1. The van der Waals surface area contributed by atoms with E-state index in [-0.39, 0.29) is 5.91 Å². The molecule has 0 spiro atoms. The van der Waals surface area contributed by atoms with Crippen LogP contribution in [-0.2, 0) is 9.53 Å². The Labute approximate surface area is 85.4 Å². The Kier molecular flexibility index (Phi) is 4.90. The van der Waals surface area contributed by atoms with E-state index < -0.39 is 0 Å². The van der Waals surface area contributed by atoms with Crippen molar-refractivity contribution in [3.8, 4) is 0 Å². The lowest BCUT2D eigenvalue weighted by atomic mass is 10.2. The van der Waals surface area contributed by atoms with E-state index in [1.807, 2.05) is 0 Å². The highest BCUT2D eigenvalue weighted by molar-refractivity contribution is 5.78. The largest absolute Gasteiger partial charge is 0.385 e. The molecule has 4 heteroatoms. The van der Waals surface area contributed by atoms with Gasteiger partial charge in [0.25, 0.3) is 0 Å². The molecule has 0 aromatic carbocycles. The van der Waals surface area contributed by atoms with Crippen LogP contribution in [0, 0.1) is 0 Å². The highest BCUT2D eigenvalue weighted by atomic mass is 16.5. The maximum atomic E-state index is 11.3. The fourth-order valence-electron chi connectivity index (χ4n) is 1.17. The van der Waals surface area contributed by atoms with Crippen LogP contribution in [-0.4, -0.2) is 38.3 Å². The Bertz CT molecular complexity index is 181. The molecule has 0 heterocycles. The lowest BCUT2D eigenvalue weighted by molar-refractivity contribution is -0.120. The van der Waals surface area contributed by atoms with Crippen molar-refractivity contribution >= 4 is 5.91 Å². The summed E-state index contributed by atoms with van der Waals surface area (Å²) in [5, 5.41) is 6.09. The van der Waals surface area contributed by atoms with Gasteiger partial charge in [-0.05, 0) is 26.2 Å². The van der Waals surface area contributed by atoms with Gasteiger partial charge in [-0.25, -0.2) is 0 Å². The van der Waals surface area contributed by atoms with Crippen molar-refractivity contribution in [3.63, 3.8) is 0 Å². The van der Waals surface area contributed by atoms with Gasteiger partial charge < -0.3 is 15.4 Å². The summed E-state index contributed by atoms with van der Waals surface area (Å²) < 4.78 is 4.95. The zero-order chi connectivity index (χ0) is 10.4. The van der Waals surface area contributed by atoms with Crippen molar-refractivity contribution in [1.82, 2.24) is 10.6 Å². The van der Waals surface area contributed by atoms with Crippen LogP contribution in [0.15, 0.2) is 0 Å². The predicted molar refractivity (Wildman–Crippen MR) is 55.1 cm³/mol. The van der Waals surface area contributed by atoms with Crippen molar-refractivity contribution < 1.29 is 9.53 Å². The van der Waals surface area contributed by atoms with Crippen molar-refractivity contribution in [2.75, 3.05) is 20.3 Å². The average Bonchev–Trinajstić information content (AvgIpc) is 2.95. The van der Waals surface area contributed by atoms with Crippen LogP contribution in [0.2, 0.25) is 0 Å². The van der Waals surface area contributed by atoms with Crippen LogP contribution in [0.25, 0.3) is 0 Å². The zero-order valence-electron chi connectivity index (χ0n) is 9.01.